The molecule has 3 N–H and O–H groups in total. The van der Waals surface area contributed by atoms with Crippen molar-refractivity contribution in [2.45, 2.75) is 6.10 Å². The van der Waals surface area contributed by atoms with Crippen molar-refractivity contribution in [3.8, 4) is 5.75 Å². The lowest BCUT2D eigenvalue weighted by molar-refractivity contribution is -0.148. The van der Waals surface area contributed by atoms with E-state index in [0.29, 0.717) is 5.75 Å². The second kappa shape index (κ2) is 9.35. The lowest BCUT2D eigenvalue weighted by Gasteiger charge is -2.12. The summed E-state index contributed by atoms with van der Waals surface area (Å²) in [4.78, 5) is 33.6. The molecule has 1 atom stereocenters. The van der Waals surface area contributed by atoms with Crippen molar-refractivity contribution >= 4 is 17.8 Å². The van der Waals surface area contributed by atoms with Crippen molar-refractivity contribution in [3.05, 3.63) is 30.3 Å². The second-order valence-corrected chi connectivity index (χ2v) is 4.25. The molecular weight excluding hydrogens is 292 g/mol. The number of carbonyl (C=O) groups excluding carboxylic acids is 2. The number of amides is 2. The molecule has 0 aliphatic rings. The van der Waals surface area contributed by atoms with Crippen molar-refractivity contribution in [2.75, 3.05) is 26.8 Å². The Kier molecular flexibility index (Phi) is 7.41. The van der Waals surface area contributed by atoms with Gasteiger partial charge in [0.15, 0.2) is 12.7 Å². The number of para-hydroxylation sites is 1. The minimum Gasteiger partial charge on any atom is -0.484 e. The number of hydrogen-bond donors (Lipinski definition) is 3. The lowest BCUT2D eigenvalue weighted by atomic mass is 10.3. The minimum atomic E-state index is -1.18. The van der Waals surface area contributed by atoms with Crippen LogP contribution in [0.25, 0.3) is 0 Å². The van der Waals surface area contributed by atoms with Gasteiger partial charge in [0.1, 0.15) is 5.75 Å². The van der Waals surface area contributed by atoms with Crippen molar-refractivity contribution < 1.29 is 29.0 Å². The van der Waals surface area contributed by atoms with Crippen molar-refractivity contribution in [3.63, 3.8) is 0 Å². The summed E-state index contributed by atoms with van der Waals surface area (Å²) in [6.45, 7) is -0.665. The summed E-state index contributed by atoms with van der Waals surface area (Å²) in [6, 6.07) is 8.78. The predicted octanol–water partition coefficient (Wildman–Crippen LogP) is -0.603. The van der Waals surface area contributed by atoms with E-state index >= 15 is 0 Å². The summed E-state index contributed by atoms with van der Waals surface area (Å²) in [5, 5.41) is 13.4. The second-order valence-electron chi connectivity index (χ2n) is 4.25. The van der Waals surface area contributed by atoms with Gasteiger partial charge in [0, 0.05) is 7.11 Å². The number of carbonyl (C=O) groups is 3. The van der Waals surface area contributed by atoms with Crippen LogP contribution in [0.1, 0.15) is 0 Å². The van der Waals surface area contributed by atoms with E-state index in [9.17, 15) is 14.4 Å². The van der Waals surface area contributed by atoms with E-state index < -0.39 is 23.9 Å². The maximum Gasteiger partial charge on any atom is 0.334 e. The number of rotatable bonds is 9. The standard InChI is InChI=1S/C14H18N2O6/c1-21-11(14(19)20)7-15-12(17)8-16-13(18)9-22-10-5-3-2-4-6-10/h2-6,11H,7-9H2,1H3,(H,15,17)(H,16,18)(H,19,20). The molecule has 1 aromatic rings. The summed E-state index contributed by atoms with van der Waals surface area (Å²) in [5.41, 5.74) is 0. The molecule has 0 heterocycles. The number of benzene rings is 1. The van der Waals surface area contributed by atoms with Gasteiger partial charge in [-0.15, -0.1) is 0 Å². The summed E-state index contributed by atoms with van der Waals surface area (Å²) >= 11 is 0. The quantitative estimate of drug-likeness (QED) is 0.561. The molecule has 0 saturated carbocycles. The predicted molar refractivity (Wildman–Crippen MR) is 76.4 cm³/mol. The Labute approximate surface area is 127 Å². The first-order valence-corrected chi connectivity index (χ1v) is 6.49. The van der Waals surface area contributed by atoms with E-state index in [0.717, 1.165) is 0 Å². The number of nitrogens with one attached hydrogen (secondary N) is 2. The molecule has 120 valence electrons. The van der Waals surface area contributed by atoms with Gasteiger partial charge in [-0.3, -0.25) is 9.59 Å². The molecular formula is C14H18N2O6. The Morgan fingerprint density at radius 3 is 2.41 bits per heavy atom. The minimum absolute atomic E-state index is 0.180. The van der Waals surface area contributed by atoms with E-state index in [1.54, 1.807) is 24.3 Å². The molecule has 0 spiro atoms. The largest absolute Gasteiger partial charge is 0.484 e. The highest BCUT2D eigenvalue weighted by Crippen LogP contribution is 2.07. The Morgan fingerprint density at radius 1 is 1.14 bits per heavy atom. The van der Waals surface area contributed by atoms with Crippen LogP contribution in [-0.2, 0) is 19.1 Å². The van der Waals surface area contributed by atoms with E-state index in [1.165, 1.54) is 7.11 Å². The molecule has 22 heavy (non-hydrogen) atoms. The zero-order valence-electron chi connectivity index (χ0n) is 12.1. The Morgan fingerprint density at radius 2 is 1.82 bits per heavy atom. The van der Waals surface area contributed by atoms with Gasteiger partial charge in [-0.2, -0.15) is 0 Å². The number of carboxylic acid groups (broad SMARTS) is 1. The van der Waals surface area contributed by atoms with Crippen LogP contribution in [0, 0.1) is 0 Å². The molecule has 8 heteroatoms. The first kappa shape index (κ1) is 17.4. The molecule has 0 bridgehead atoms. The van der Waals surface area contributed by atoms with Crippen molar-refractivity contribution in [2.24, 2.45) is 0 Å². The molecule has 0 fully saturated rings. The number of carboxylic acids is 1. The third-order valence-electron chi connectivity index (χ3n) is 2.60. The summed E-state index contributed by atoms with van der Waals surface area (Å²) in [7, 11) is 1.23. The number of ether oxygens (including phenoxy) is 2. The van der Waals surface area contributed by atoms with Crippen LogP contribution in [-0.4, -0.2) is 55.8 Å². The van der Waals surface area contributed by atoms with E-state index in [-0.39, 0.29) is 19.7 Å². The zero-order chi connectivity index (χ0) is 16.4. The van der Waals surface area contributed by atoms with Crippen LogP contribution in [0.4, 0.5) is 0 Å². The fourth-order valence-electron chi connectivity index (χ4n) is 1.44. The van der Waals surface area contributed by atoms with Gasteiger partial charge in [0.25, 0.3) is 5.91 Å². The Hall–Kier alpha value is -2.61. The Bertz CT molecular complexity index is 505. The molecule has 0 radical (unpaired) electrons. The average molecular weight is 310 g/mol. The third-order valence-corrected chi connectivity index (χ3v) is 2.60. The third kappa shape index (κ3) is 6.71. The first-order valence-electron chi connectivity index (χ1n) is 6.49. The van der Waals surface area contributed by atoms with E-state index in [1.807, 2.05) is 6.07 Å². The fraction of sp³-hybridized carbons (Fsp3) is 0.357. The molecule has 0 saturated heterocycles. The SMILES string of the molecule is COC(CNC(=O)CNC(=O)COc1ccccc1)C(=O)O. The van der Waals surface area contributed by atoms with Gasteiger partial charge in [-0.1, -0.05) is 18.2 Å². The van der Waals surface area contributed by atoms with Gasteiger partial charge in [0.05, 0.1) is 13.1 Å². The first-order chi connectivity index (χ1) is 10.5. The molecule has 1 unspecified atom stereocenters. The lowest BCUT2D eigenvalue weighted by Crippen LogP contribution is -2.43. The van der Waals surface area contributed by atoms with Gasteiger partial charge in [-0.25, -0.2) is 4.79 Å². The maximum atomic E-state index is 11.5. The average Bonchev–Trinajstić information content (AvgIpc) is 2.52. The highest BCUT2D eigenvalue weighted by Gasteiger charge is 2.17. The van der Waals surface area contributed by atoms with Crippen LogP contribution >= 0.6 is 0 Å². The van der Waals surface area contributed by atoms with E-state index in [4.69, 9.17) is 9.84 Å². The number of aliphatic carboxylic acids is 1. The molecule has 8 nitrogen and oxygen atoms in total. The highest BCUT2D eigenvalue weighted by atomic mass is 16.5. The van der Waals surface area contributed by atoms with Gasteiger partial charge in [0.2, 0.25) is 5.91 Å². The molecule has 0 aliphatic carbocycles. The Balaban J connectivity index is 2.20. The van der Waals surface area contributed by atoms with Gasteiger partial charge >= 0.3 is 5.97 Å². The summed E-state index contributed by atoms with van der Waals surface area (Å²) in [6.07, 6.45) is -1.12. The number of methoxy groups -OCH3 is 1. The topological polar surface area (TPSA) is 114 Å². The summed E-state index contributed by atoms with van der Waals surface area (Å²) in [5.74, 6) is -1.61. The van der Waals surface area contributed by atoms with Crippen LogP contribution < -0.4 is 15.4 Å². The maximum absolute atomic E-state index is 11.5. The fourth-order valence-corrected chi connectivity index (χ4v) is 1.44. The highest BCUT2D eigenvalue weighted by molar-refractivity contribution is 5.85. The molecule has 1 rings (SSSR count). The van der Waals surface area contributed by atoms with E-state index in [2.05, 4.69) is 15.4 Å². The van der Waals surface area contributed by atoms with Crippen molar-refractivity contribution in [1.29, 1.82) is 0 Å². The zero-order valence-corrected chi connectivity index (χ0v) is 12.1. The monoisotopic (exact) mass is 310 g/mol. The van der Waals surface area contributed by atoms with Gasteiger partial charge < -0.3 is 25.2 Å². The molecule has 0 aliphatic heterocycles. The van der Waals surface area contributed by atoms with Gasteiger partial charge in [-0.05, 0) is 12.1 Å². The van der Waals surface area contributed by atoms with Crippen LogP contribution in [0.5, 0.6) is 5.75 Å². The van der Waals surface area contributed by atoms with Crippen LogP contribution in [0.2, 0.25) is 0 Å². The van der Waals surface area contributed by atoms with Crippen LogP contribution in [0.3, 0.4) is 0 Å². The van der Waals surface area contributed by atoms with Crippen molar-refractivity contribution in [1.82, 2.24) is 10.6 Å². The number of hydrogen-bond acceptors (Lipinski definition) is 5. The van der Waals surface area contributed by atoms with Crippen LogP contribution in [0.15, 0.2) is 30.3 Å². The smallest absolute Gasteiger partial charge is 0.334 e. The molecule has 2 amide bonds. The molecule has 1 aromatic carbocycles. The molecule has 0 aromatic heterocycles. The normalized spacial score (nSPS) is 11.3. The summed E-state index contributed by atoms with van der Waals surface area (Å²) < 4.78 is 9.86.